The van der Waals surface area contributed by atoms with Gasteiger partial charge in [-0.15, -0.1) is 0 Å². The first kappa shape index (κ1) is 15.1. The number of rotatable bonds is 6. The fraction of sp³-hybridized carbons (Fsp3) is 0.357. The minimum atomic E-state index is 0.481. The number of halogens is 1. The summed E-state index contributed by atoms with van der Waals surface area (Å²) in [6, 6.07) is 5.85. The van der Waals surface area contributed by atoms with Gasteiger partial charge in [0.15, 0.2) is 0 Å². The fourth-order valence-electron chi connectivity index (χ4n) is 1.81. The van der Waals surface area contributed by atoms with E-state index in [1.165, 1.54) is 0 Å². The van der Waals surface area contributed by atoms with Gasteiger partial charge >= 0.3 is 0 Å². The van der Waals surface area contributed by atoms with E-state index in [9.17, 15) is 0 Å². The van der Waals surface area contributed by atoms with Crippen molar-refractivity contribution in [3.05, 3.63) is 45.2 Å². The Morgan fingerprint density at radius 3 is 2.80 bits per heavy atom. The van der Waals surface area contributed by atoms with Crippen molar-refractivity contribution in [1.82, 2.24) is 15.0 Å². The van der Waals surface area contributed by atoms with Crippen molar-refractivity contribution in [3.8, 4) is 0 Å². The van der Waals surface area contributed by atoms with Gasteiger partial charge in [0.2, 0.25) is 0 Å². The number of aromatic nitrogens is 3. The highest BCUT2D eigenvalue weighted by molar-refractivity contribution is 14.1. The van der Waals surface area contributed by atoms with Crippen LogP contribution in [0.3, 0.4) is 0 Å². The monoisotopic (exact) mass is 384 g/mol. The van der Waals surface area contributed by atoms with Crippen LogP contribution in [0.5, 0.6) is 0 Å². The minimum absolute atomic E-state index is 0.481. The van der Waals surface area contributed by atoms with Gasteiger partial charge in [-0.3, -0.25) is 4.98 Å². The molecular formula is C14H17IN4O. The number of hydrogen-bond donors (Lipinski definition) is 1. The van der Waals surface area contributed by atoms with Gasteiger partial charge in [0.1, 0.15) is 11.6 Å². The van der Waals surface area contributed by atoms with Crippen molar-refractivity contribution in [1.29, 1.82) is 0 Å². The molecule has 0 fully saturated rings. The van der Waals surface area contributed by atoms with E-state index >= 15 is 0 Å². The van der Waals surface area contributed by atoms with E-state index in [0.29, 0.717) is 13.0 Å². The van der Waals surface area contributed by atoms with Gasteiger partial charge in [0.05, 0.1) is 22.3 Å². The SMILES string of the molecule is CCNc1nc(Cc2ccccn2)nc(COC)c1I. The van der Waals surface area contributed by atoms with Crippen molar-refractivity contribution >= 4 is 28.4 Å². The first-order valence-electron chi connectivity index (χ1n) is 6.42. The average Bonchev–Trinajstić information content (AvgIpc) is 2.45. The Morgan fingerprint density at radius 1 is 1.30 bits per heavy atom. The molecule has 0 aliphatic heterocycles. The number of ether oxygens (including phenoxy) is 1. The predicted octanol–water partition coefficient (Wildman–Crippen LogP) is 2.65. The van der Waals surface area contributed by atoms with Crippen LogP contribution in [0.25, 0.3) is 0 Å². The second kappa shape index (κ2) is 7.49. The highest BCUT2D eigenvalue weighted by atomic mass is 127. The summed E-state index contributed by atoms with van der Waals surface area (Å²) in [5.41, 5.74) is 1.87. The topological polar surface area (TPSA) is 59.9 Å². The lowest BCUT2D eigenvalue weighted by Gasteiger charge is -2.11. The Bertz CT molecular complexity index is 535. The molecule has 0 aliphatic rings. The smallest absolute Gasteiger partial charge is 0.143 e. The Labute approximate surface area is 132 Å². The lowest BCUT2D eigenvalue weighted by Crippen LogP contribution is -2.11. The maximum absolute atomic E-state index is 5.21. The standard InChI is InChI=1S/C14H17IN4O/c1-3-16-14-13(15)11(9-20-2)18-12(19-14)8-10-6-4-5-7-17-10/h4-7H,3,8-9H2,1-2H3,(H,16,18,19). The molecule has 0 bridgehead atoms. The average molecular weight is 384 g/mol. The molecule has 0 atom stereocenters. The molecule has 0 aliphatic carbocycles. The molecule has 2 aromatic rings. The van der Waals surface area contributed by atoms with Gasteiger partial charge < -0.3 is 10.1 Å². The molecule has 2 rings (SSSR count). The second-order valence-corrected chi connectivity index (χ2v) is 5.29. The van der Waals surface area contributed by atoms with Crippen molar-refractivity contribution < 1.29 is 4.74 Å². The van der Waals surface area contributed by atoms with Crippen LogP contribution in [0, 0.1) is 3.57 Å². The third-order valence-electron chi connectivity index (χ3n) is 2.66. The molecule has 20 heavy (non-hydrogen) atoms. The highest BCUT2D eigenvalue weighted by Gasteiger charge is 2.12. The van der Waals surface area contributed by atoms with E-state index in [0.717, 1.165) is 33.1 Å². The molecule has 0 unspecified atom stereocenters. The van der Waals surface area contributed by atoms with Crippen LogP contribution in [0.15, 0.2) is 24.4 Å². The molecule has 2 heterocycles. The molecule has 0 saturated heterocycles. The van der Waals surface area contributed by atoms with Gasteiger partial charge in [-0.25, -0.2) is 9.97 Å². The fourth-order valence-corrected chi connectivity index (χ4v) is 2.39. The molecule has 0 saturated carbocycles. The van der Waals surface area contributed by atoms with Crippen LogP contribution in [0.4, 0.5) is 5.82 Å². The summed E-state index contributed by atoms with van der Waals surface area (Å²) in [5.74, 6) is 1.62. The normalized spacial score (nSPS) is 10.6. The van der Waals surface area contributed by atoms with Crippen molar-refractivity contribution in [2.24, 2.45) is 0 Å². The lowest BCUT2D eigenvalue weighted by molar-refractivity contribution is 0.180. The Morgan fingerprint density at radius 2 is 2.15 bits per heavy atom. The molecule has 5 nitrogen and oxygen atoms in total. The summed E-state index contributed by atoms with van der Waals surface area (Å²) in [6.45, 7) is 3.35. The summed E-state index contributed by atoms with van der Waals surface area (Å²) in [7, 11) is 1.67. The van der Waals surface area contributed by atoms with Crippen molar-refractivity contribution in [2.45, 2.75) is 20.0 Å². The zero-order chi connectivity index (χ0) is 14.4. The van der Waals surface area contributed by atoms with Crippen LogP contribution in [-0.2, 0) is 17.8 Å². The van der Waals surface area contributed by atoms with Gasteiger partial charge in [-0.2, -0.15) is 0 Å². The number of nitrogens with zero attached hydrogens (tertiary/aromatic N) is 3. The van der Waals surface area contributed by atoms with E-state index in [4.69, 9.17) is 4.74 Å². The summed E-state index contributed by atoms with van der Waals surface area (Å²) < 4.78 is 6.22. The third kappa shape index (κ3) is 3.86. The Kier molecular flexibility index (Phi) is 5.66. The van der Waals surface area contributed by atoms with Crippen molar-refractivity contribution in [2.75, 3.05) is 19.0 Å². The third-order valence-corrected chi connectivity index (χ3v) is 3.79. The van der Waals surface area contributed by atoms with Crippen LogP contribution in [0.2, 0.25) is 0 Å². The van der Waals surface area contributed by atoms with Gasteiger partial charge in [-0.05, 0) is 41.6 Å². The van der Waals surface area contributed by atoms with Crippen LogP contribution < -0.4 is 5.32 Å². The number of pyridine rings is 1. The molecule has 0 spiro atoms. The Balaban J connectivity index is 2.32. The van der Waals surface area contributed by atoms with E-state index in [-0.39, 0.29) is 0 Å². The van der Waals surface area contributed by atoms with Crippen LogP contribution in [0.1, 0.15) is 24.1 Å². The summed E-state index contributed by atoms with van der Waals surface area (Å²) in [6.07, 6.45) is 2.40. The molecule has 0 aromatic carbocycles. The zero-order valence-electron chi connectivity index (χ0n) is 11.6. The summed E-state index contributed by atoms with van der Waals surface area (Å²) in [4.78, 5) is 13.5. The van der Waals surface area contributed by atoms with E-state index in [1.807, 2.05) is 25.1 Å². The second-order valence-electron chi connectivity index (χ2n) is 4.21. The van der Waals surface area contributed by atoms with Crippen LogP contribution in [-0.4, -0.2) is 28.6 Å². The van der Waals surface area contributed by atoms with E-state index < -0.39 is 0 Å². The van der Waals surface area contributed by atoms with Crippen molar-refractivity contribution in [3.63, 3.8) is 0 Å². The van der Waals surface area contributed by atoms with Gasteiger partial charge in [-0.1, -0.05) is 6.07 Å². The first-order chi connectivity index (χ1) is 9.74. The quantitative estimate of drug-likeness (QED) is 0.777. The number of methoxy groups -OCH3 is 1. The van der Waals surface area contributed by atoms with Gasteiger partial charge in [0.25, 0.3) is 0 Å². The van der Waals surface area contributed by atoms with Gasteiger partial charge in [0, 0.05) is 25.5 Å². The highest BCUT2D eigenvalue weighted by Crippen LogP contribution is 2.20. The largest absolute Gasteiger partial charge is 0.378 e. The van der Waals surface area contributed by atoms with E-state index in [2.05, 4.69) is 42.9 Å². The molecule has 6 heteroatoms. The number of anilines is 1. The zero-order valence-corrected chi connectivity index (χ0v) is 13.7. The number of nitrogens with one attached hydrogen (secondary N) is 1. The molecule has 1 N–H and O–H groups in total. The maximum atomic E-state index is 5.21. The molecule has 0 amide bonds. The number of hydrogen-bond acceptors (Lipinski definition) is 5. The lowest BCUT2D eigenvalue weighted by atomic mass is 10.2. The minimum Gasteiger partial charge on any atom is -0.378 e. The first-order valence-corrected chi connectivity index (χ1v) is 7.50. The summed E-state index contributed by atoms with van der Waals surface area (Å²) in [5, 5.41) is 3.27. The molecule has 2 aromatic heterocycles. The molecule has 0 radical (unpaired) electrons. The van der Waals surface area contributed by atoms with E-state index in [1.54, 1.807) is 13.3 Å². The summed E-state index contributed by atoms with van der Waals surface area (Å²) >= 11 is 2.25. The maximum Gasteiger partial charge on any atom is 0.143 e. The molecular weight excluding hydrogens is 367 g/mol. The van der Waals surface area contributed by atoms with Crippen LogP contribution >= 0.6 is 22.6 Å². The molecule has 106 valence electrons. The Hall–Kier alpha value is -1.28. The predicted molar refractivity (Wildman–Crippen MR) is 86.7 cm³/mol.